The van der Waals surface area contributed by atoms with E-state index in [4.69, 9.17) is 9.72 Å². The second-order valence-electron chi connectivity index (χ2n) is 5.48. The molecule has 0 aliphatic carbocycles. The second kappa shape index (κ2) is 6.57. The average molecular weight is 328 g/mol. The summed E-state index contributed by atoms with van der Waals surface area (Å²) >= 11 is 0. The normalized spacial score (nSPS) is 11.2. The largest absolute Gasteiger partial charge is 0.497 e. The number of hydrogen-bond donors (Lipinski definition) is 0. The summed E-state index contributed by atoms with van der Waals surface area (Å²) in [6.45, 7) is 0. The van der Waals surface area contributed by atoms with E-state index in [9.17, 15) is 0 Å². The minimum absolute atomic E-state index is 0.706. The van der Waals surface area contributed by atoms with Gasteiger partial charge in [0, 0.05) is 11.8 Å². The van der Waals surface area contributed by atoms with Crippen molar-refractivity contribution >= 4 is 17.2 Å². The molecule has 2 heterocycles. The molecule has 0 aliphatic rings. The third kappa shape index (κ3) is 2.99. The first-order valence-corrected chi connectivity index (χ1v) is 7.93. The van der Waals surface area contributed by atoms with E-state index < -0.39 is 0 Å². The molecular weight excluding hydrogens is 312 g/mol. The molecule has 5 heteroatoms. The lowest BCUT2D eigenvalue weighted by Crippen LogP contribution is -1.82. The lowest BCUT2D eigenvalue weighted by Gasteiger charge is -2.00. The molecule has 4 rings (SSSR count). The summed E-state index contributed by atoms with van der Waals surface area (Å²) in [5, 5.41) is 8.85. The summed E-state index contributed by atoms with van der Waals surface area (Å²) in [4.78, 5) is 4.71. The van der Waals surface area contributed by atoms with Gasteiger partial charge in [-0.2, -0.15) is 0 Å². The van der Waals surface area contributed by atoms with E-state index in [2.05, 4.69) is 10.2 Å². The number of methoxy groups -OCH3 is 1. The van der Waals surface area contributed by atoms with Crippen molar-refractivity contribution in [1.82, 2.24) is 9.38 Å². The van der Waals surface area contributed by atoms with Gasteiger partial charge in [0.15, 0.2) is 5.82 Å². The van der Waals surface area contributed by atoms with Gasteiger partial charge >= 0.3 is 0 Å². The van der Waals surface area contributed by atoms with Crippen LogP contribution in [-0.2, 0) is 0 Å². The molecule has 25 heavy (non-hydrogen) atoms. The van der Waals surface area contributed by atoms with Crippen LogP contribution in [0.3, 0.4) is 0 Å². The molecule has 5 nitrogen and oxygen atoms in total. The number of aromatic nitrogens is 2. The van der Waals surface area contributed by atoms with Gasteiger partial charge in [-0.3, -0.25) is 4.40 Å². The van der Waals surface area contributed by atoms with Gasteiger partial charge in [0.25, 0.3) is 0 Å². The van der Waals surface area contributed by atoms with E-state index in [-0.39, 0.29) is 0 Å². The molecule has 0 unspecified atom stereocenters. The molecule has 0 saturated carbocycles. The van der Waals surface area contributed by atoms with E-state index in [1.165, 1.54) is 0 Å². The van der Waals surface area contributed by atoms with Crippen LogP contribution in [0.4, 0.5) is 11.5 Å². The van der Waals surface area contributed by atoms with Crippen molar-refractivity contribution in [3.8, 4) is 17.0 Å². The highest BCUT2D eigenvalue weighted by Crippen LogP contribution is 2.32. The Hall–Kier alpha value is -3.47. The zero-order valence-corrected chi connectivity index (χ0v) is 13.7. The Labute approximate surface area is 145 Å². The van der Waals surface area contributed by atoms with E-state index in [1.807, 2.05) is 83.4 Å². The minimum Gasteiger partial charge on any atom is -0.497 e. The van der Waals surface area contributed by atoms with Gasteiger partial charge < -0.3 is 4.74 Å². The first kappa shape index (κ1) is 15.1. The number of ether oxygens (including phenoxy) is 1. The van der Waals surface area contributed by atoms with Gasteiger partial charge in [0.2, 0.25) is 0 Å². The minimum atomic E-state index is 0.706. The molecule has 0 bridgehead atoms. The number of benzene rings is 2. The number of rotatable bonds is 4. The average Bonchev–Trinajstić information content (AvgIpc) is 3.06. The molecule has 0 saturated heterocycles. The topological polar surface area (TPSA) is 51.2 Å². The Morgan fingerprint density at radius 1 is 0.840 bits per heavy atom. The molecule has 2 aromatic carbocycles. The monoisotopic (exact) mass is 328 g/mol. The predicted molar refractivity (Wildman–Crippen MR) is 97.8 cm³/mol. The van der Waals surface area contributed by atoms with Crippen molar-refractivity contribution < 1.29 is 4.74 Å². The fourth-order valence-corrected chi connectivity index (χ4v) is 2.62. The second-order valence-corrected chi connectivity index (χ2v) is 5.48. The number of azo groups is 1. The molecular formula is C20H16N4O. The summed E-state index contributed by atoms with van der Waals surface area (Å²) in [6, 6.07) is 23.3. The lowest BCUT2D eigenvalue weighted by atomic mass is 10.1. The third-order valence-corrected chi connectivity index (χ3v) is 3.88. The molecule has 0 radical (unpaired) electrons. The molecule has 2 aromatic heterocycles. The van der Waals surface area contributed by atoms with Gasteiger partial charge in [-0.05, 0) is 36.4 Å². The van der Waals surface area contributed by atoms with Crippen LogP contribution < -0.4 is 4.74 Å². The number of nitrogens with zero attached hydrogens (tertiary/aromatic N) is 4. The number of pyridine rings is 1. The first-order chi connectivity index (χ1) is 12.3. The van der Waals surface area contributed by atoms with Gasteiger partial charge in [0.05, 0.1) is 12.8 Å². The zero-order valence-electron chi connectivity index (χ0n) is 13.7. The molecule has 0 fully saturated rings. The summed E-state index contributed by atoms with van der Waals surface area (Å²) in [5.74, 6) is 1.50. The molecule has 0 amide bonds. The molecule has 4 aromatic rings. The van der Waals surface area contributed by atoms with Crippen LogP contribution in [0.15, 0.2) is 89.2 Å². The van der Waals surface area contributed by atoms with Gasteiger partial charge in [0.1, 0.15) is 17.1 Å². The Morgan fingerprint density at radius 3 is 2.36 bits per heavy atom. The van der Waals surface area contributed by atoms with Crippen LogP contribution in [-0.4, -0.2) is 16.5 Å². The zero-order chi connectivity index (χ0) is 17.1. The van der Waals surface area contributed by atoms with Gasteiger partial charge in [-0.25, -0.2) is 4.98 Å². The molecule has 0 aliphatic heterocycles. The number of imidazole rings is 1. The summed E-state index contributed by atoms with van der Waals surface area (Å²) in [5.41, 5.74) is 3.41. The van der Waals surface area contributed by atoms with Crippen molar-refractivity contribution in [2.45, 2.75) is 0 Å². The fourth-order valence-electron chi connectivity index (χ4n) is 2.62. The van der Waals surface area contributed by atoms with Crippen LogP contribution >= 0.6 is 0 Å². The molecule has 0 atom stereocenters. The Kier molecular flexibility index (Phi) is 3.96. The maximum absolute atomic E-state index is 5.17. The van der Waals surface area contributed by atoms with Crippen molar-refractivity contribution in [1.29, 1.82) is 0 Å². The van der Waals surface area contributed by atoms with E-state index >= 15 is 0 Å². The highest BCUT2D eigenvalue weighted by molar-refractivity contribution is 5.74. The van der Waals surface area contributed by atoms with E-state index in [0.29, 0.717) is 5.82 Å². The molecule has 0 N–H and O–H groups in total. The van der Waals surface area contributed by atoms with Crippen molar-refractivity contribution in [2.75, 3.05) is 7.11 Å². The standard InChI is InChI=1S/C20H16N4O/c1-25-17-12-10-16(11-13-17)22-23-20-19(15-7-3-2-4-8-15)21-18-9-5-6-14-24(18)20/h2-14H,1H3. The lowest BCUT2D eigenvalue weighted by molar-refractivity contribution is 0.415. The molecule has 0 spiro atoms. The maximum atomic E-state index is 5.17. The Balaban J connectivity index is 1.80. The van der Waals surface area contributed by atoms with Crippen molar-refractivity contribution in [3.63, 3.8) is 0 Å². The first-order valence-electron chi connectivity index (χ1n) is 7.93. The van der Waals surface area contributed by atoms with Crippen LogP contribution in [0.1, 0.15) is 0 Å². The number of hydrogen-bond acceptors (Lipinski definition) is 4. The van der Waals surface area contributed by atoms with Crippen LogP contribution in [0, 0.1) is 0 Å². The Morgan fingerprint density at radius 2 is 1.60 bits per heavy atom. The smallest absolute Gasteiger partial charge is 0.187 e. The van der Waals surface area contributed by atoms with E-state index in [1.54, 1.807) is 7.11 Å². The summed E-state index contributed by atoms with van der Waals surface area (Å²) in [7, 11) is 1.64. The van der Waals surface area contributed by atoms with E-state index in [0.717, 1.165) is 28.3 Å². The highest BCUT2D eigenvalue weighted by atomic mass is 16.5. The summed E-state index contributed by atoms with van der Waals surface area (Å²) < 4.78 is 7.11. The third-order valence-electron chi connectivity index (χ3n) is 3.88. The van der Waals surface area contributed by atoms with Crippen molar-refractivity contribution in [3.05, 3.63) is 79.0 Å². The fraction of sp³-hybridized carbons (Fsp3) is 0.0500. The number of fused-ring (bicyclic) bond motifs is 1. The van der Waals surface area contributed by atoms with Crippen LogP contribution in [0.2, 0.25) is 0 Å². The highest BCUT2D eigenvalue weighted by Gasteiger charge is 2.13. The van der Waals surface area contributed by atoms with Crippen LogP contribution in [0.5, 0.6) is 5.75 Å². The predicted octanol–water partition coefficient (Wildman–Crippen LogP) is 5.43. The quantitative estimate of drug-likeness (QED) is 0.469. The van der Waals surface area contributed by atoms with Gasteiger partial charge in [-0.15, -0.1) is 10.2 Å². The van der Waals surface area contributed by atoms with Gasteiger partial charge in [-0.1, -0.05) is 36.4 Å². The summed E-state index contributed by atoms with van der Waals surface area (Å²) in [6.07, 6.45) is 1.94. The van der Waals surface area contributed by atoms with Crippen LogP contribution in [0.25, 0.3) is 16.9 Å². The maximum Gasteiger partial charge on any atom is 0.187 e. The Bertz CT molecular complexity index is 1020. The molecule has 122 valence electrons. The SMILES string of the molecule is COc1ccc(N=Nc2c(-c3ccccc3)nc3ccccn23)cc1. The van der Waals surface area contributed by atoms with Crippen molar-refractivity contribution in [2.24, 2.45) is 10.2 Å².